The molecule has 4 heteroatoms. The molecule has 0 aliphatic heterocycles. The van der Waals surface area contributed by atoms with Gasteiger partial charge in [0.1, 0.15) is 0 Å². The van der Waals surface area contributed by atoms with Crippen molar-refractivity contribution in [3.8, 4) is 0 Å². The first kappa shape index (κ1) is 11.2. The fourth-order valence-electron chi connectivity index (χ4n) is 1.18. The summed E-state index contributed by atoms with van der Waals surface area (Å²) in [6, 6.07) is 1.64. The molecule has 0 aliphatic rings. The lowest BCUT2D eigenvalue weighted by atomic mass is 10.2. The predicted molar refractivity (Wildman–Crippen MR) is 57.2 cm³/mol. The lowest BCUT2D eigenvalue weighted by Crippen LogP contribution is -2.26. The SMILES string of the molecule is CCC(Cl)C(C)Nc1ccncc1F. The third-order valence-corrected chi connectivity index (χ3v) is 2.77. The molecule has 1 aromatic rings. The van der Waals surface area contributed by atoms with Crippen LogP contribution >= 0.6 is 11.6 Å². The molecule has 0 saturated heterocycles. The van der Waals surface area contributed by atoms with E-state index in [1.54, 1.807) is 12.3 Å². The highest BCUT2D eigenvalue weighted by Crippen LogP contribution is 2.16. The van der Waals surface area contributed by atoms with E-state index in [1.807, 2.05) is 13.8 Å². The summed E-state index contributed by atoms with van der Waals surface area (Å²) >= 11 is 6.02. The topological polar surface area (TPSA) is 24.9 Å². The summed E-state index contributed by atoms with van der Waals surface area (Å²) in [5, 5.41) is 3.02. The number of nitrogens with one attached hydrogen (secondary N) is 1. The summed E-state index contributed by atoms with van der Waals surface area (Å²) < 4.78 is 13.1. The van der Waals surface area contributed by atoms with Crippen LogP contribution in [0.25, 0.3) is 0 Å². The first-order valence-corrected chi connectivity index (χ1v) is 5.09. The van der Waals surface area contributed by atoms with Crippen LogP contribution in [0, 0.1) is 5.82 Å². The molecule has 78 valence electrons. The molecule has 1 heterocycles. The zero-order valence-corrected chi connectivity index (χ0v) is 9.05. The van der Waals surface area contributed by atoms with E-state index in [2.05, 4.69) is 10.3 Å². The van der Waals surface area contributed by atoms with Gasteiger partial charge >= 0.3 is 0 Å². The third-order valence-electron chi connectivity index (χ3n) is 2.09. The van der Waals surface area contributed by atoms with Crippen molar-refractivity contribution in [3.05, 3.63) is 24.3 Å². The van der Waals surface area contributed by atoms with Gasteiger partial charge in [0, 0.05) is 12.2 Å². The number of nitrogens with zero attached hydrogens (tertiary/aromatic N) is 1. The first-order chi connectivity index (χ1) is 6.65. The molecule has 0 bridgehead atoms. The Labute approximate surface area is 88.5 Å². The monoisotopic (exact) mass is 216 g/mol. The van der Waals surface area contributed by atoms with Crippen LogP contribution in [0.3, 0.4) is 0 Å². The van der Waals surface area contributed by atoms with Crippen molar-refractivity contribution in [3.63, 3.8) is 0 Å². The number of pyridine rings is 1. The largest absolute Gasteiger partial charge is 0.379 e. The second-order valence-corrected chi connectivity index (χ2v) is 3.77. The summed E-state index contributed by atoms with van der Waals surface area (Å²) in [6.07, 6.45) is 3.58. The van der Waals surface area contributed by atoms with Gasteiger partial charge in [0.05, 0.1) is 17.3 Å². The minimum Gasteiger partial charge on any atom is -0.379 e. The highest BCUT2D eigenvalue weighted by atomic mass is 35.5. The van der Waals surface area contributed by atoms with Crippen molar-refractivity contribution < 1.29 is 4.39 Å². The Bertz CT molecular complexity index is 293. The Morgan fingerprint density at radius 2 is 2.36 bits per heavy atom. The zero-order valence-electron chi connectivity index (χ0n) is 8.30. The van der Waals surface area contributed by atoms with Gasteiger partial charge in [-0.2, -0.15) is 0 Å². The van der Waals surface area contributed by atoms with Gasteiger partial charge in [-0.25, -0.2) is 4.39 Å². The van der Waals surface area contributed by atoms with Gasteiger partial charge in [0.15, 0.2) is 5.82 Å². The molecule has 0 saturated carbocycles. The Balaban J connectivity index is 2.64. The van der Waals surface area contributed by atoms with Gasteiger partial charge in [0.2, 0.25) is 0 Å². The molecule has 1 aromatic heterocycles. The lowest BCUT2D eigenvalue weighted by molar-refractivity contribution is 0.616. The third kappa shape index (κ3) is 2.84. The van der Waals surface area contributed by atoms with Crippen LogP contribution in [0.4, 0.5) is 10.1 Å². The fourth-order valence-corrected chi connectivity index (χ4v) is 1.24. The van der Waals surface area contributed by atoms with E-state index in [0.717, 1.165) is 6.42 Å². The summed E-state index contributed by atoms with van der Waals surface area (Å²) in [5.74, 6) is -0.348. The second-order valence-electron chi connectivity index (χ2n) is 3.21. The zero-order chi connectivity index (χ0) is 10.6. The summed E-state index contributed by atoms with van der Waals surface area (Å²) in [5.41, 5.74) is 0.451. The number of hydrogen-bond acceptors (Lipinski definition) is 2. The number of hydrogen-bond donors (Lipinski definition) is 1. The molecular weight excluding hydrogens is 203 g/mol. The van der Waals surface area contributed by atoms with Crippen LogP contribution in [-0.4, -0.2) is 16.4 Å². The highest BCUT2D eigenvalue weighted by molar-refractivity contribution is 6.21. The Kier molecular flexibility index (Phi) is 4.14. The van der Waals surface area contributed by atoms with Crippen LogP contribution in [0.15, 0.2) is 18.5 Å². The van der Waals surface area contributed by atoms with Crippen molar-refractivity contribution in [2.24, 2.45) is 0 Å². The Morgan fingerprint density at radius 3 is 2.93 bits per heavy atom. The van der Waals surface area contributed by atoms with E-state index in [1.165, 1.54) is 6.20 Å². The summed E-state index contributed by atoms with van der Waals surface area (Å²) in [6.45, 7) is 3.93. The molecular formula is C10H14ClFN2. The average molecular weight is 217 g/mol. The number of halogens is 2. The van der Waals surface area contributed by atoms with Crippen LogP contribution in [0.1, 0.15) is 20.3 Å². The quantitative estimate of drug-likeness (QED) is 0.783. The molecule has 1 rings (SSSR count). The number of alkyl halides is 1. The average Bonchev–Trinajstić information content (AvgIpc) is 2.20. The van der Waals surface area contributed by atoms with Gasteiger partial charge in [-0.15, -0.1) is 11.6 Å². The normalized spacial score (nSPS) is 14.9. The molecule has 2 nitrogen and oxygen atoms in total. The summed E-state index contributed by atoms with van der Waals surface area (Å²) in [4.78, 5) is 3.67. The Morgan fingerprint density at radius 1 is 1.64 bits per heavy atom. The molecule has 0 radical (unpaired) electrons. The minimum atomic E-state index is -0.348. The molecule has 14 heavy (non-hydrogen) atoms. The fraction of sp³-hybridized carbons (Fsp3) is 0.500. The minimum absolute atomic E-state index is 0.00238. The molecule has 0 amide bonds. The molecule has 2 atom stereocenters. The number of rotatable bonds is 4. The smallest absolute Gasteiger partial charge is 0.164 e. The maximum atomic E-state index is 13.1. The number of aromatic nitrogens is 1. The van der Waals surface area contributed by atoms with Crippen molar-refractivity contribution in [1.82, 2.24) is 4.98 Å². The van der Waals surface area contributed by atoms with Crippen molar-refractivity contribution in [2.45, 2.75) is 31.7 Å². The maximum Gasteiger partial charge on any atom is 0.164 e. The predicted octanol–water partition coefficient (Wildman–Crippen LogP) is 3.04. The van der Waals surface area contributed by atoms with E-state index in [0.29, 0.717) is 5.69 Å². The van der Waals surface area contributed by atoms with E-state index < -0.39 is 0 Å². The van der Waals surface area contributed by atoms with E-state index in [9.17, 15) is 4.39 Å². The molecule has 0 fully saturated rings. The molecule has 1 N–H and O–H groups in total. The molecule has 2 unspecified atom stereocenters. The van der Waals surface area contributed by atoms with Gasteiger partial charge in [0.25, 0.3) is 0 Å². The van der Waals surface area contributed by atoms with E-state index >= 15 is 0 Å². The molecule has 0 aliphatic carbocycles. The first-order valence-electron chi connectivity index (χ1n) is 4.65. The highest BCUT2D eigenvalue weighted by Gasteiger charge is 2.13. The standard InChI is InChI=1S/C10H14ClFN2/c1-3-8(11)7(2)14-10-4-5-13-6-9(10)12/h4-8H,3H2,1-2H3,(H,13,14). The van der Waals surface area contributed by atoms with Crippen molar-refractivity contribution >= 4 is 17.3 Å². The summed E-state index contributed by atoms with van der Waals surface area (Å²) in [7, 11) is 0. The van der Waals surface area contributed by atoms with E-state index in [4.69, 9.17) is 11.6 Å². The van der Waals surface area contributed by atoms with Gasteiger partial charge < -0.3 is 5.32 Å². The van der Waals surface area contributed by atoms with Crippen molar-refractivity contribution in [1.29, 1.82) is 0 Å². The van der Waals surface area contributed by atoms with Crippen LogP contribution in [0.5, 0.6) is 0 Å². The lowest BCUT2D eigenvalue weighted by Gasteiger charge is -2.19. The molecule has 0 spiro atoms. The van der Waals surface area contributed by atoms with Crippen molar-refractivity contribution in [2.75, 3.05) is 5.32 Å². The second kappa shape index (κ2) is 5.15. The van der Waals surface area contributed by atoms with Gasteiger partial charge in [-0.1, -0.05) is 6.92 Å². The number of anilines is 1. The van der Waals surface area contributed by atoms with E-state index in [-0.39, 0.29) is 17.2 Å². The molecule has 0 aromatic carbocycles. The van der Waals surface area contributed by atoms with Gasteiger partial charge in [-0.3, -0.25) is 4.98 Å². The maximum absolute atomic E-state index is 13.1. The Hall–Kier alpha value is -0.830. The van der Waals surface area contributed by atoms with Gasteiger partial charge in [-0.05, 0) is 19.4 Å². The van der Waals surface area contributed by atoms with Crippen LogP contribution in [-0.2, 0) is 0 Å². The van der Waals surface area contributed by atoms with Crippen LogP contribution in [0.2, 0.25) is 0 Å². The van der Waals surface area contributed by atoms with Crippen LogP contribution < -0.4 is 5.32 Å².